The zero-order valence-corrected chi connectivity index (χ0v) is 17.0. The first-order valence-corrected chi connectivity index (χ1v) is 10.8. The highest BCUT2D eigenvalue weighted by molar-refractivity contribution is 5.75. The van der Waals surface area contributed by atoms with E-state index in [9.17, 15) is 4.79 Å². The van der Waals surface area contributed by atoms with E-state index in [0.717, 1.165) is 44.1 Å². The fraction of sp³-hybridized carbons (Fsp3) is 0.522. The lowest BCUT2D eigenvalue weighted by Gasteiger charge is -2.46. The third-order valence-electron chi connectivity index (χ3n) is 6.13. The quantitative estimate of drug-likeness (QED) is 0.721. The topological polar surface area (TPSA) is 70.2 Å². The van der Waals surface area contributed by atoms with E-state index in [0.29, 0.717) is 24.9 Å². The first-order valence-electron chi connectivity index (χ1n) is 10.8. The van der Waals surface area contributed by atoms with E-state index < -0.39 is 0 Å². The van der Waals surface area contributed by atoms with Gasteiger partial charge in [0.15, 0.2) is 0 Å². The predicted octanol–water partition coefficient (Wildman–Crippen LogP) is 2.37. The molecule has 0 unspecified atom stereocenters. The number of aromatic nitrogens is 2. The van der Waals surface area contributed by atoms with Gasteiger partial charge in [-0.25, -0.2) is 0 Å². The molecule has 2 aliphatic rings. The van der Waals surface area contributed by atoms with E-state index in [4.69, 9.17) is 0 Å². The second-order valence-corrected chi connectivity index (χ2v) is 8.42. The lowest BCUT2D eigenvalue weighted by atomic mass is 9.79. The fourth-order valence-corrected chi connectivity index (χ4v) is 4.76. The van der Waals surface area contributed by atoms with Crippen LogP contribution in [0.15, 0.2) is 48.9 Å². The summed E-state index contributed by atoms with van der Waals surface area (Å²) < 4.78 is 0. The number of nitrogens with zero attached hydrogens (tertiary/aromatic N) is 3. The molecule has 2 aromatic rings. The summed E-state index contributed by atoms with van der Waals surface area (Å²) in [5.74, 6) is 1.54. The van der Waals surface area contributed by atoms with Gasteiger partial charge in [-0.05, 0) is 43.2 Å². The number of carbonyl (C=O) groups excluding carboxylic acids is 1. The fourth-order valence-electron chi connectivity index (χ4n) is 4.76. The zero-order chi connectivity index (χ0) is 19.9. The number of fused-ring (bicyclic) bond motifs is 2. The minimum atomic E-state index is 0.0960. The van der Waals surface area contributed by atoms with Gasteiger partial charge in [0.2, 0.25) is 5.91 Å². The molecule has 2 N–H and O–H groups in total. The number of benzene rings is 1. The predicted molar refractivity (Wildman–Crippen MR) is 113 cm³/mol. The van der Waals surface area contributed by atoms with Crippen molar-refractivity contribution in [2.45, 2.75) is 44.8 Å². The molecule has 2 fully saturated rings. The smallest absolute Gasteiger partial charge is 0.220 e. The SMILES string of the molecule is O=C(CCC[C@H]1NC[C@@H]2C[C@@H]1CN(Cc1ccccc1)C2)NCc1cnccn1. The Morgan fingerprint density at radius 2 is 2.10 bits per heavy atom. The molecule has 1 aromatic heterocycles. The van der Waals surface area contributed by atoms with Crippen LogP contribution in [0.5, 0.6) is 0 Å². The number of hydrogen-bond acceptors (Lipinski definition) is 5. The number of likely N-dealkylation sites (tertiary alicyclic amines) is 1. The van der Waals surface area contributed by atoms with Crippen LogP contribution in [-0.2, 0) is 17.9 Å². The molecule has 0 radical (unpaired) electrons. The third-order valence-corrected chi connectivity index (χ3v) is 6.13. The van der Waals surface area contributed by atoms with E-state index >= 15 is 0 Å². The minimum absolute atomic E-state index is 0.0960. The summed E-state index contributed by atoms with van der Waals surface area (Å²) in [5, 5.41) is 6.70. The van der Waals surface area contributed by atoms with Gasteiger partial charge in [-0.15, -0.1) is 0 Å². The van der Waals surface area contributed by atoms with E-state index in [1.54, 1.807) is 18.6 Å². The number of hydrogen-bond donors (Lipinski definition) is 2. The van der Waals surface area contributed by atoms with Gasteiger partial charge in [0.25, 0.3) is 0 Å². The number of piperidine rings is 2. The Balaban J connectivity index is 1.20. The van der Waals surface area contributed by atoms with Crippen LogP contribution in [-0.4, -0.2) is 46.5 Å². The maximum Gasteiger partial charge on any atom is 0.220 e. The average molecular weight is 394 g/mol. The second kappa shape index (κ2) is 9.94. The number of rotatable bonds is 8. The maximum atomic E-state index is 12.1. The molecule has 1 amide bonds. The van der Waals surface area contributed by atoms with Crippen molar-refractivity contribution in [3.63, 3.8) is 0 Å². The molecule has 2 saturated heterocycles. The van der Waals surface area contributed by atoms with Gasteiger partial charge in [-0.3, -0.25) is 19.7 Å². The molecule has 1 aromatic carbocycles. The van der Waals surface area contributed by atoms with Crippen LogP contribution in [0.2, 0.25) is 0 Å². The van der Waals surface area contributed by atoms with Crippen molar-refractivity contribution in [2.75, 3.05) is 19.6 Å². The Bertz CT molecular complexity index is 769. The van der Waals surface area contributed by atoms with Crippen molar-refractivity contribution in [2.24, 2.45) is 11.8 Å². The summed E-state index contributed by atoms with van der Waals surface area (Å²) in [4.78, 5) is 23.0. The Morgan fingerprint density at radius 1 is 1.21 bits per heavy atom. The Labute approximate surface area is 173 Å². The van der Waals surface area contributed by atoms with Gasteiger partial charge in [0, 0.05) is 44.5 Å². The molecule has 6 nitrogen and oxygen atoms in total. The van der Waals surface area contributed by atoms with E-state index in [2.05, 4.69) is 55.8 Å². The normalized spacial score (nSPS) is 24.2. The zero-order valence-electron chi connectivity index (χ0n) is 17.0. The molecule has 0 aliphatic carbocycles. The Morgan fingerprint density at radius 3 is 2.93 bits per heavy atom. The first kappa shape index (κ1) is 20.0. The Hall–Kier alpha value is -2.31. The standard InChI is InChI=1S/C23H31N5O/c29-23(27-14-21-13-24-9-10-25-21)8-4-7-22-20-11-19(12-26-22)16-28(17-20)15-18-5-2-1-3-6-18/h1-3,5-6,9-10,13,19-20,22,26H,4,7-8,11-12,14-17H2,(H,27,29)/t19-,20+,22+/m0/s1. The van der Waals surface area contributed by atoms with Crippen molar-refractivity contribution in [1.82, 2.24) is 25.5 Å². The summed E-state index contributed by atoms with van der Waals surface area (Å²) in [7, 11) is 0. The van der Waals surface area contributed by atoms with Gasteiger partial charge in [-0.1, -0.05) is 30.3 Å². The van der Waals surface area contributed by atoms with Gasteiger partial charge in [0.1, 0.15) is 0 Å². The van der Waals surface area contributed by atoms with Crippen LogP contribution in [0.3, 0.4) is 0 Å². The van der Waals surface area contributed by atoms with Crippen LogP contribution in [0, 0.1) is 11.8 Å². The minimum Gasteiger partial charge on any atom is -0.350 e. The first-order chi connectivity index (χ1) is 14.3. The molecule has 0 spiro atoms. The highest BCUT2D eigenvalue weighted by atomic mass is 16.1. The Kier molecular flexibility index (Phi) is 6.85. The molecule has 3 atom stereocenters. The van der Waals surface area contributed by atoms with Crippen molar-refractivity contribution in [3.05, 3.63) is 60.2 Å². The van der Waals surface area contributed by atoms with Crippen molar-refractivity contribution >= 4 is 5.91 Å². The van der Waals surface area contributed by atoms with Crippen LogP contribution >= 0.6 is 0 Å². The molecule has 3 heterocycles. The van der Waals surface area contributed by atoms with E-state index in [1.807, 2.05) is 0 Å². The lowest BCUT2D eigenvalue weighted by Crippen LogP contribution is -2.55. The summed E-state index contributed by atoms with van der Waals surface area (Å²) in [6.45, 7) is 4.95. The lowest BCUT2D eigenvalue weighted by molar-refractivity contribution is -0.121. The highest BCUT2D eigenvalue weighted by Gasteiger charge is 2.35. The number of carbonyl (C=O) groups is 1. The maximum absolute atomic E-state index is 12.1. The van der Waals surface area contributed by atoms with Crippen molar-refractivity contribution < 1.29 is 4.79 Å². The molecular formula is C23H31N5O. The van der Waals surface area contributed by atoms with E-state index in [-0.39, 0.29) is 5.91 Å². The summed E-state index contributed by atoms with van der Waals surface area (Å²) in [5.41, 5.74) is 2.19. The summed E-state index contributed by atoms with van der Waals surface area (Å²) in [6.07, 6.45) is 8.85. The van der Waals surface area contributed by atoms with Crippen LogP contribution in [0.1, 0.15) is 36.9 Å². The molecule has 2 aliphatic heterocycles. The number of nitrogens with one attached hydrogen (secondary N) is 2. The van der Waals surface area contributed by atoms with Gasteiger partial charge < -0.3 is 10.6 Å². The van der Waals surface area contributed by atoms with Gasteiger partial charge in [-0.2, -0.15) is 0 Å². The van der Waals surface area contributed by atoms with Crippen molar-refractivity contribution in [3.8, 4) is 0 Å². The summed E-state index contributed by atoms with van der Waals surface area (Å²) >= 11 is 0. The monoisotopic (exact) mass is 393 g/mol. The molecule has 4 rings (SSSR count). The highest BCUT2D eigenvalue weighted by Crippen LogP contribution is 2.31. The van der Waals surface area contributed by atoms with Crippen LogP contribution in [0.4, 0.5) is 0 Å². The largest absolute Gasteiger partial charge is 0.350 e. The van der Waals surface area contributed by atoms with Gasteiger partial charge in [0.05, 0.1) is 18.4 Å². The van der Waals surface area contributed by atoms with Gasteiger partial charge >= 0.3 is 0 Å². The molecule has 2 bridgehead atoms. The summed E-state index contributed by atoms with van der Waals surface area (Å²) in [6, 6.07) is 11.3. The van der Waals surface area contributed by atoms with Crippen molar-refractivity contribution in [1.29, 1.82) is 0 Å². The second-order valence-electron chi connectivity index (χ2n) is 8.42. The van der Waals surface area contributed by atoms with Crippen LogP contribution < -0.4 is 10.6 Å². The van der Waals surface area contributed by atoms with E-state index in [1.165, 1.54) is 18.5 Å². The molecule has 29 heavy (non-hydrogen) atoms. The number of amides is 1. The molecule has 154 valence electrons. The molecular weight excluding hydrogens is 362 g/mol. The third kappa shape index (κ3) is 5.84. The molecule has 6 heteroatoms. The molecule has 0 saturated carbocycles. The average Bonchev–Trinajstić information content (AvgIpc) is 2.75. The van der Waals surface area contributed by atoms with Crippen LogP contribution in [0.25, 0.3) is 0 Å².